The van der Waals surface area contributed by atoms with E-state index in [1.165, 1.54) is 0 Å². The van der Waals surface area contributed by atoms with Crippen molar-refractivity contribution in [1.82, 2.24) is 15.7 Å². The quantitative estimate of drug-likeness (QED) is 0.397. The Balaban J connectivity index is 2.48. The van der Waals surface area contributed by atoms with Gasteiger partial charge in [-0.05, 0) is 31.3 Å². The van der Waals surface area contributed by atoms with Gasteiger partial charge in [0.1, 0.15) is 0 Å². The van der Waals surface area contributed by atoms with Crippen molar-refractivity contribution in [3.05, 3.63) is 30.1 Å². The molecule has 5 nitrogen and oxygen atoms in total. The van der Waals surface area contributed by atoms with E-state index in [4.69, 9.17) is 18.0 Å². The zero-order chi connectivity index (χ0) is 11.8. The monoisotopic (exact) mass is 237 g/mol. The molecule has 6 heteroatoms. The summed E-state index contributed by atoms with van der Waals surface area (Å²) in [6, 6.07) is 5.65. The largest absolute Gasteiger partial charge is 0.360 e. The second-order valence-electron chi connectivity index (χ2n) is 3.07. The molecule has 0 amide bonds. The topological polar surface area (TPSA) is 75.3 Å². The lowest BCUT2D eigenvalue weighted by molar-refractivity contribution is 0.844. The van der Waals surface area contributed by atoms with Gasteiger partial charge < -0.3 is 11.1 Å². The van der Waals surface area contributed by atoms with E-state index in [1.54, 1.807) is 6.20 Å². The SMILES string of the molecule is C/C(=N\NC(=S)NCCN)c1ccccn1. The molecule has 1 rings (SSSR count). The smallest absolute Gasteiger partial charge is 0.187 e. The number of aromatic nitrogens is 1. The Bertz CT molecular complexity index is 363. The molecule has 0 spiro atoms. The predicted molar refractivity (Wildman–Crippen MR) is 69.2 cm³/mol. The van der Waals surface area contributed by atoms with Crippen molar-refractivity contribution >= 4 is 23.0 Å². The molecule has 0 aromatic carbocycles. The molecule has 86 valence electrons. The number of thiocarbonyl (C=S) groups is 1. The number of hydrogen-bond acceptors (Lipinski definition) is 4. The highest BCUT2D eigenvalue weighted by Gasteiger charge is 1.97. The molecular formula is C10H15N5S. The molecule has 0 atom stereocenters. The number of hydrogen-bond donors (Lipinski definition) is 3. The van der Waals surface area contributed by atoms with Crippen LogP contribution in [0.5, 0.6) is 0 Å². The lowest BCUT2D eigenvalue weighted by atomic mass is 10.3. The van der Waals surface area contributed by atoms with E-state index in [0.29, 0.717) is 18.2 Å². The van der Waals surface area contributed by atoms with Crippen molar-refractivity contribution < 1.29 is 0 Å². The number of hydrazone groups is 1. The van der Waals surface area contributed by atoms with Gasteiger partial charge in [-0.3, -0.25) is 10.4 Å². The maximum atomic E-state index is 5.33. The summed E-state index contributed by atoms with van der Waals surface area (Å²) in [5.41, 5.74) is 9.65. The van der Waals surface area contributed by atoms with Crippen LogP contribution in [-0.2, 0) is 0 Å². The third-order valence-corrected chi connectivity index (χ3v) is 2.03. The number of pyridine rings is 1. The maximum Gasteiger partial charge on any atom is 0.187 e. The second-order valence-corrected chi connectivity index (χ2v) is 3.48. The molecule has 1 aromatic rings. The molecule has 0 saturated heterocycles. The lowest BCUT2D eigenvalue weighted by Crippen LogP contribution is -2.35. The Morgan fingerprint density at radius 3 is 3.00 bits per heavy atom. The Labute approximate surface area is 100 Å². The van der Waals surface area contributed by atoms with Gasteiger partial charge in [-0.1, -0.05) is 6.07 Å². The number of nitrogens with two attached hydrogens (primary N) is 1. The van der Waals surface area contributed by atoms with E-state index in [2.05, 4.69) is 20.8 Å². The Hall–Kier alpha value is -1.53. The number of rotatable bonds is 4. The van der Waals surface area contributed by atoms with E-state index in [9.17, 15) is 0 Å². The first-order valence-electron chi connectivity index (χ1n) is 4.93. The van der Waals surface area contributed by atoms with Crippen LogP contribution in [0.3, 0.4) is 0 Å². The van der Waals surface area contributed by atoms with E-state index in [0.717, 1.165) is 11.4 Å². The fraction of sp³-hybridized carbons (Fsp3) is 0.300. The van der Waals surface area contributed by atoms with Gasteiger partial charge in [0.2, 0.25) is 0 Å². The molecule has 0 aliphatic carbocycles. The molecule has 16 heavy (non-hydrogen) atoms. The summed E-state index contributed by atoms with van der Waals surface area (Å²) in [6.07, 6.45) is 1.72. The zero-order valence-electron chi connectivity index (χ0n) is 9.10. The standard InChI is InChI=1S/C10H15N5S/c1-8(9-4-2-3-6-12-9)14-15-10(16)13-7-5-11/h2-4,6H,5,7,11H2,1H3,(H2,13,15,16)/b14-8+. The minimum Gasteiger partial charge on any atom is -0.360 e. The molecule has 1 heterocycles. The normalized spacial score (nSPS) is 11.0. The Morgan fingerprint density at radius 1 is 1.56 bits per heavy atom. The van der Waals surface area contributed by atoms with Crippen molar-refractivity contribution in [1.29, 1.82) is 0 Å². The van der Waals surface area contributed by atoms with E-state index in [-0.39, 0.29) is 0 Å². The highest BCUT2D eigenvalue weighted by molar-refractivity contribution is 7.80. The molecule has 0 aliphatic heterocycles. The van der Waals surface area contributed by atoms with Crippen molar-refractivity contribution in [2.75, 3.05) is 13.1 Å². The highest BCUT2D eigenvalue weighted by atomic mass is 32.1. The summed E-state index contributed by atoms with van der Waals surface area (Å²) in [7, 11) is 0. The van der Waals surface area contributed by atoms with Crippen LogP contribution in [0.1, 0.15) is 12.6 Å². The minimum atomic E-state index is 0.459. The number of nitrogens with zero attached hydrogens (tertiary/aromatic N) is 2. The highest BCUT2D eigenvalue weighted by Crippen LogP contribution is 1.94. The van der Waals surface area contributed by atoms with Crippen LogP contribution in [0, 0.1) is 0 Å². The van der Waals surface area contributed by atoms with Gasteiger partial charge >= 0.3 is 0 Å². The van der Waals surface area contributed by atoms with Crippen LogP contribution >= 0.6 is 12.2 Å². The van der Waals surface area contributed by atoms with Crippen molar-refractivity contribution in [3.63, 3.8) is 0 Å². The first kappa shape index (κ1) is 12.5. The molecule has 0 radical (unpaired) electrons. The molecule has 1 aromatic heterocycles. The Kier molecular flexibility index (Phi) is 5.38. The van der Waals surface area contributed by atoms with E-state index < -0.39 is 0 Å². The fourth-order valence-corrected chi connectivity index (χ4v) is 1.14. The van der Waals surface area contributed by atoms with Crippen LogP contribution in [0.15, 0.2) is 29.5 Å². The summed E-state index contributed by atoms with van der Waals surface area (Å²) in [5.74, 6) is 0. The molecule has 0 unspecified atom stereocenters. The third-order valence-electron chi connectivity index (χ3n) is 1.79. The Morgan fingerprint density at radius 2 is 2.38 bits per heavy atom. The third kappa shape index (κ3) is 4.33. The summed E-state index contributed by atoms with van der Waals surface area (Å²) in [6.45, 7) is 3.02. The fourth-order valence-electron chi connectivity index (χ4n) is 0.994. The minimum absolute atomic E-state index is 0.459. The first-order valence-corrected chi connectivity index (χ1v) is 5.34. The summed E-state index contributed by atoms with van der Waals surface area (Å²) < 4.78 is 0. The van der Waals surface area contributed by atoms with Crippen LogP contribution in [0.2, 0.25) is 0 Å². The van der Waals surface area contributed by atoms with Gasteiger partial charge in [0.25, 0.3) is 0 Å². The van der Waals surface area contributed by atoms with Crippen molar-refractivity contribution in [3.8, 4) is 0 Å². The van der Waals surface area contributed by atoms with Gasteiger partial charge in [-0.25, -0.2) is 0 Å². The maximum absolute atomic E-state index is 5.33. The average molecular weight is 237 g/mol. The lowest BCUT2D eigenvalue weighted by Gasteiger charge is -2.06. The number of nitrogens with one attached hydrogen (secondary N) is 2. The van der Waals surface area contributed by atoms with Gasteiger partial charge in [0.15, 0.2) is 5.11 Å². The zero-order valence-corrected chi connectivity index (χ0v) is 9.92. The predicted octanol–water partition coefficient (Wildman–Crippen LogP) is 0.228. The van der Waals surface area contributed by atoms with Crippen LogP contribution in [-0.4, -0.2) is 28.9 Å². The van der Waals surface area contributed by atoms with E-state index >= 15 is 0 Å². The molecule has 0 saturated carbocycles. The summed E-state index contributed by atoms with van der Waals surface area (Å²) in [4.78, 5) is 4.16. The van der Waals surface area contributed by atoms with Gasteiger partial charge in [0.05, 0.1) is 11.4 Å². The second kappa shape index (κ2) is 6.86. The summed E-state index contributed by atoms with van der Waals surface area (Å²) >= 11 is 4.98. The molecule has 0 bridgehead atoms. The average Bonchev–Trinajstić information content (AvgIpc) is 2.34. The summed E-state index contributed by atoms with van der Waals surface area (Å²) in [5, 5.41) is 7.47. The molecular weight excluding hydrogens is 222 g/mol. The molecule has 4 N–H and O–H groups in total. The van der Waals surface area contributed by atoms with Gasteiger partial charge in [-0.2, -0.15) is 5.10 Å². The van der Waals surface area contributed by atoms with Crippen LogP contribution in [0.25, 0.3) is 0 Å². The van der Waals surface area contributed by atoms with Gasteiger partial charge in [0, 0.05) is 19.3 Å². The van der Waals surface area contributed by atoms with Crippen molar-refractivity contribution in [2.24, 2.45) is 10.8 Å². The van der Waals surface area contributed by atoms with Crippen LogP contribution < -0.4 is 16.5 Å². The van der Waals surface area contributed by atoms with Crippen LogP contribution in [0.4, 0.5) is 0 Å². The molecule has 0 fully saturated rings. The van der Waals surface area contributed by atoms with E-state index in [1.807, 2.05) is 25.1 Å². The first-order chi connectivity index (χ1) is 7.74. The van der Waals surface area contributed by atoms with Gasteiger partial charge in [-0.15, -0.1) is 0 Å². The van der Waals surface area contributed by atoms with Crippen molar-refractivity contribution in [2.45, 2.75) is 6.92 Å². The molecule has 0 aliphatic rings.